The smallest absolute Gasteiger partial charge is 0.147 e. The van der Waals surface area contributed by atoms with E-state index in [-0.39, 0.29) is 11.8 Å². The molecule has 0 amide bonds. The van der Waals surface area contributed by atoms with Crippen LogP contribution in [0.25, 0.3) is 10.9 Å². The van der Waals surface area contributed by atoms with Gasteiger partial charge in [-0.3, -0.25) is 0 Å². The molecule has 2 N–H and O–H groups in total. The molecule has 1 aromatic heterocycles. The topological polar surface area (TPSA) is 45.1 Å². The Morgan fingerprint density at radius 2 is 1.46 bits per heavy atom. The van der Waals surface area contributed by atoms with Gasteiger partial charge in [0.25, 0.3) is 0 Å². The number of benzene rings is 3. The van der Waals surface area contributed by atoms with Crippen molar-refractivity contribution in [2.45, 2.75) is 13.0 Å². The zero-order valence-electron chi connectivity index (χ0n) is 14.6. The van der Waals surface area contributed by atoms with Crippen molar-refractivity contribution in [1.29, 1.82) is 0 Å². The van der Waals surface area contributed by atoms with Gasteiger partial charge in [0.1, 0.15) is 11.3 Å². The monoisotopic (exact) mass is 340 g/mol. The number of anilines is 1. The molecule has 4 rings (SSSR count). The Bertz CT molecular complexity index is 1030. The van der Waals surface area contributed by atoms with E-state index in [1.807, 2.05) is 79.7 Å². The molecule has 0 fully saturated rings. The molecule has 0 aliphatic rings. The minimum atomic E-state index is -0.176. The second kappa shape index (κ2) is 6.89. The van der Waals surface area contributed by atoms with Gasteiger partial charge >= 0.3 is 0 Å². The molecule has 4 aromatic rings. The number of fused-ring (bicyclic) bond motifs is 1. The van der Waals surface area contributed by atoms with Gasteiger partial charge in [-0.1, -0.05) is 66.7 Å². The fourth-order valence-electron chi connectivity index (χ4n) is 3.21. The molecule has 0 saturated heterocycles. The maximum absolute atomic E-state index is 11.0. The number of para-hydroxylation sites is 1. The number of phenols is 1. The summed E-state index contributed by atoms with van der Waals surface area (Å²) in [5.74, 6) is 0.225. The van der Waals surface area contributed by atoms with Gasteiger partial charge in [-0.15, -0.1) is 0 Å². The second-order valence-electron chi connectivity index (χ2n) is 6.38. The lowest BCUT2D eigenvalue weighted by molar-refractivity contribution is 0.471. The Balaban J connectivity index is 1.86. The molecule has 0 bridgehead atoms. The highest BCUT2D eigenvalue weighted by atomic mass is 16.3. The molecule has 0 aliphatic carbocycles. The Morgan fingerprint density at radius 3 is 2.19 bits per heavy atom. The fraction of sp³-hybridized carbons (Fsp3) is 0.0870. The van der Waals surface area contributed by atoms with E-state index in [2.05, 4.69) is 22.4 Å². The first-order valence-electron chi connectivity index (χ1n) is 8.68. The third-order valence-electron chi connectivity index (χ3n) is 4.53. The van der Waals surface area contributed by atoms with Gasteiger partial charge in [0.2, 0.25) is 0 Å². The summed E-state index contributed by atoms with van der Waals surface area (Å²) in [5, 5.41) is 15.5. The molecule has 3 nitrogen and oxygen atoms in total. The Kier molecular flexibility index (Phi) is 4.28. The van der Waals surface area contributed by atoms with Gasteiger partial charge in [0.05, 0.1) is 6.04 Å². The first-order chi connectivity index (χ1) is 12.7. The van der Waals surface area contributed by atoms with Crippen LogP contribution < -0.4 is 5.32 Å². The SMILES string of the molecule is Cc1ccc2ccc([C@@H](Nc3ccccc3)c3ccccc3)c(O)c2n1. The lowest BCUT2D eigenvalue weighted by Crippen LogP contribution is -2.12. The Hall–Kier alpha value is -3.33. The first kappa shape index (κ1) is 16.2. The Labute approximate surface area is 153 Å². The molecular weight excluding hydrogens is 320 g/mol. The highest BCUT2D eigenvalue weighted by Gasteiger charge is 2.19. The van der Waals surface area contributed by atoms with Gasteiger partial charge in [0.15, 0.2) is 0 Å². The number of phenolic OH excluding ortho intramolecular Hbond substituents is 1. The molecule has 1 heterocycles. The molecule has 0 spiro atoms. The standard InChI is InChI=1S/C23H20N2O/c1-16-12-13-18-14-15-20(23(26)22(18)24-16)21(17-8-4-2-5-9-17)25-19-10-6-3-7-11-19/h2-15,21,25-26H,1H3/t21-/m0/s1. The number of aryl methyl sites for hydroxylation is 1. The number of nitrogens with zero attached hydrogens (tertiary/aromatic N) is 1. The van der Waals surface area contributed by atoms with Gasteiger partial charge in [-0.25, -0.2) is 4.98 Å². The van der Waals surface area contributed by atoms with Crippen LogP contribution in [0.15, 0.2) is 84.9 Å². The minimum Gasteiger partial charge on any atom is -0.505 e. The van der Waals surface area contributed by atoms with E-state index in [9.17, 15) is 5.11 Å². The van der Waals surface area contributed by atoms with E-state index in [1.165, 1.54) is 0 Å². The summed E-state index contributed by atoms with van der Waals surface area (Å²) in [5.41, 5.74) is 4.41. The Morgan fingerprint density at radius 1 is 0.808 bits per heavy atom. The van der Waals surface area contributed by atoms with Crippen LogP contribution in [0.5, 0.6) is 5.75 Å². The predicted octanol–water partition coefficient (Wildman–Crippen LogP) is 5.45. The van der Waals surface area contributed by atoms with Crippen molar-refractivity contribution in [3.8, 4) is 5.75 Å². The molecule has 0 unspecified atom stereocenters. The maximum Gasteiger partial charge on any atom is 0.147 e. The van der Waals surface area contributed by atoms with Crippen LogP contribution in [0.3, 0.4) is 0 Å². The molecule has 1 atom stereocenters. The van der Waals surface area contributed by atoms with Crippen LogP contribution in [0.4, 0.5) is 5.69 Å². The molecule has 26 heavy (non-hydrogen) atoms. The first-order valence-corrected chi connectivity index (χ1v) is 8.68. The summed E-state index contributed by atoms with van der Waals surface area (Å²) in [6.45, 7) is 1.93. The summed E-state index contributed by atoms with van der Waals surface area (Å²) >= 11 is 0. The summed E-state index contributed by atoms with van der Waals surface area (Å²) in [6, 6.07) is 27.9. The average Bonchev–Trinajstić information content (AvgIpc) is 2.69. The molecule has 3 heteroatoms. The van der Waals surface area contributed by atoms with Crippen LogP contribution >= 0.6 is 0 Å². The number of hydrogen-bond acceptors (Lipinski definition) is 3. The average molecular weight is 340 g/mol. The van der Waals surface area contributed by atoms with Gasteiger partial charge < -0.3 is 10.4 Å². The number of aromatic hydroxyl groups is 1. The number of rotatable bonds is 4. The summed E-state index contributed by atoms with van der Waals surface area (Å²) in [4.78, 5) is 4.54. The van der Waals surface area contributed by atoms with Crippen LogP contribution in [-0.4, -0.2) is 10.1 Å². The van der Waals surface area contributed by atoms with Crippen molar-refractivity contribution in [2.75, 3.05) is 5.32 Å². The highest BCUT2D eigenvalue weighted by Crippen LogP contribution is 2.36. The van der Waals surface area contributed by atoms with E-state index in [4.69, 9.17) is 0 Å². The molecule has 0 radical (unpaired) electrons. The lowest BCUT2D eigenvalue weighted by Gasteiger charge is -2.22. The van der Waals surface area contributed by atoms with Crippen molar-refractivity contribution >= 4 is 16.6 Å². The number of pyridine rings is 1. The number of hydrogen-bond donors (Lipinski definition) is 2. The molecule has 128 valence electrons. The number of aromatic nitrogens is 1. The second-order valence-corrected chi connectivity index (χ2v) is 6.38. The fourth-order valence-corrected chi connectivity index (χ4v) is 3.21. The molecule has 3 aromatic carbocycles. The summed E-state index contributed by atoms with van der Waals surface area (Å²) in [7, 11) is 0. The lowest BCUT2D eigenvalue weighted by atomic mass is 9.96. The predicted molar refractivity (Wildman–Crippen MR) is 106 cm³/mol. The van der Waals surface area contributed by atoms with Crippen LogP contribution in [-0.2, 0) is 0 Å². The van der Waals surface area contributed by atoms with Gasteiger partial charge in [-0.05, 0) is 30.7 Å². The van der Waals surface area contributed by atoms with E-state index >= 15 is 0 Å². The van der Waals surface area contributed by atoms with Crippen molar-refractivity contribution in [3.05, 3.63) is 102 Å². The molecule has 0 saturated carbocycles. The van der Waals surface area contributed by atoms with Gasteiger partial charge in [0, 0.05) is 22.3 Å². The van der Waals surface area contributed by atoms with Gasteiger partial charge in [-0.2, -0.15) is 0 Å². The van der Waals surface area contributed by atoms with Crippen LogP contribution in [0.2, 0.25) is 0 Å². The normalized spacial score (nSPS) is 12.0. The third-order valence-corrected chi connectivity index (χ3v) is 4.53. The molecular formula is C23H20N2O. The van der Waals surface area contributed by atoms with Crippen molar-refractivity contribution in [1.82, 2.24) is 4.98 Å². The number of nitrogens with one attached hydrogen (secondary N) is 1. The zero-order chi connectivity index (χ0) is 17.9. The van der Waals surface area contributed by atoms with E-state index in [0.717, 1.165) is 27.9 Å². The largest absolute Gasteiger partial charge is 0.505 e. The van der Waals surface area contributed by atoms with E-state index in [1.54, 1.807) is 0 Å². The maximum atomic E-state index is 11.0. The van der Waals surface area contributed by atoms with Crippen molar-refractivity contribution < 1.29 is 5.11 Å². The summed E-state index contributed by atoms with van der Waals surface area (Å²) < 4.78 is 0. The third kappa shape index (κ3) is 3.11. The zero-order valence-corrected chi connectivity index (χ0v) is 14.6. The van der Waals surface area contributed by atoms with Crippen molar-refractivity contribution in [2.24, 2.45) is 0 Å². The van der Waals surface area contributed by atoms with E-state index in [0.29, 0.717) is 5.52 Å². The van der Waals surface area contributed by atoms with Crippen LogP contribution in [0, 0.1) is 6.92 Å². The molecule has 0 aliphatic heterocycles. The van der Waals surface area contributed by atoms with E-state index < -0.39 is 0 Å². The minimum absolute atomic E-state index is 0.176. The highest BCUT2D eigenvalue weighted by molar-refractivity contribution is 5.86. The summed E-state index contributed by atoms with van der Waals surface area (Å²) in [6.07, 6.45) is 0. The van der Waals surface area contributed by atoms with Crippen molar-refractivity contribution in [3.63, 3.8) is 0 Å². The quantitative estimate of drug-likeness (QED) is 0.519. The van der Waals surface area contributed by atoms with Crippen LogP contribution in [0.1, 0.15) is 22.9 Å².